The van der Waals surface area contributed by atoms with Crippen LogP contribution in [0.15, 0.2) is 77.0 Å². The maximum absolute atomic E-state index is 13.3. The molecule has 34 heavy (non-hydrogen) atoms. The van der Waals surface area contributed by atoms with Crippen molar-refractivity contribution in [2.75, 3.05) is 4.90 Å². The van der Waals surface area contributed by atoms with E-state index in [1.165, 1.54) is 5.56 Å². The number of benzene rings is 3. The van der Waals surface area contributed by atoms with Gasteiger partial charge < -0.3 is 9.88 Å². The van der Waals surface area contributed by atoms with E-state index in [0.29, 0.717) is 17.4 Å². The normalized spacial score (nSPS) is 14.9. The van der Waals surface area contributed by atoms with Crippen molar-refractivity contribution in [2.45, 2.75) is 20.4 Å². The second-order valence-corrected chi connectivity index (χ2v) is 10.1. The summed E-state index contributed by atoms with van der Waals surface area (Å²) in [4.78, 5) is 14.9. The highest BCUT2D eigenvalue weighted by molar-refractivity contribution is 9.10. The smallest absolute Gasteiger partial charge is 0.281 e. The van der Waals surface area contributed by atoms with E-state index in [1.54, 1.807) is 4.90 Å². The topological polar surface area (TPSA) is 37.3 Å². The van der Waals surface area contributed by atoms with Gasteiger partial charge in [-0.2, -0.15) is 0 Å². The van der Waals surface area contributed by atoms with Crippen molar-refractivity contribution in [1.29, 1.82) is 0 Å². The molecule has 0 spiro atoms. The lowest BCUT2D eigenvalue weighted by Gasteiger charge is -2.15. The van der Waals surface area contributed by atoms with Crippen molar-refractivity contribution in [3.8, 4) is 0 Å². The minimum absolute atomic E-state index is 0.171. The molecule has 1 amide bonds. The number of aromatic nitrogens is 1. The van der Waals surface area contributed by atoms with Crippen LogP contribution in [0.1, 0.15) is 22.3 Å². The third kappa shape index (κ3) is 4.17. The highest BCUT2D eigenvalue weighted by atomic mass is 79.9. The lowest BCUT2D eigenvalue weighted by Crippen LogP contribution is -2.30. The van der Waals surface area contributed by atoms with E-state index in [1.807, 2.05) is 74.7 Å². The molecule has 4 nitrogen and oxygen atoms in total. The predicted molar refractivity (Wildman–Crippen MR) is 147 cm³/mol. The fraction of sp³-hybridized carbons (Fsp3) is 0.111. The number of amides is 1. The predicted octanol–water partition coefficient (Wildman–Crippen LogP) is 6.98. The zero-order valence-corrected chi connectivity index (χ0v) is 21.8. The van der Waals surface area contributed by atoms with Gasteiger partial charge in [0.15, 0.2) is 5.11 Å². The summed E-state index contributed by atoms with van der Waals surface area (Å²) in [5, 5.41) is 5.24. The number of nitrogens with zero attached hydrogens (tertiary/aromatic N) is 2. The van der Waals surface area contributed by atoms with Gasteiger partial charge in [-0.15, -0.1) is 0 Å². The van der Waals surface area contributed by atoms with E-state index < -0.39 is 0 Å². The number of rotatable bonds is 4. The molecule has 7 heteroatoms. The molecule has 2 heterocycles. The van der Waals surface area contributed by atoms with E-state index in [2.05, 4.69) is 37.9 Å². The summed E-state index contributed by atoms with van der Waals surface area (Å²) in [6.45, 7) is 4.69. The van der Waals surface area contributed by atoms with E-state index in [9.17, 15) is 4.79 Å². The number of thiocarbonyl (C=S) groups is 1. The van der Waals surface area contributed by atoms with Gasteiger partial charge in [0.1, 0.15) is 5.70 Å². The summed E-state index contributed by atoms with van der Waals surface area (Å²) in [6, 6.07) is 19.9. The fourth-order valence-corrected chi connectivity index (χ4v) is 5.00. The Morgan fingerprint density at radius 1 is 1.06 bits per heavy atom. The first-order valence-electron chi connectivity index (χ1n) is 10.8. The SMILES string of the molecule is Cc1ccc(N2C(=O)/C(=C/c3cn(Cc4ccccc4Cl)c4ccc(Br)cc34)NC2=S)cc1C. The highest BCUT2D eigenvalue weighted by Gasteiger charge is 2.32. The zero-order valence-electron chi connectivity index (χ0n) is 18.6. The molecule has 3 aromatic carbocycles. The van der Waals surface area contributed by atoms with Gasteiger partial charge in [-0.25, -0.2) is 0 Å². The largest absolute Gasteiger partial charge is 0.342 e. The molecule has 0 radical (unpaired) electrons. The Morgan fingerprint density at radius 3 is 2.62 bits per heavy atom. The third-order valence-electron chi connectivity index (χ3n) is 6.10. The number of aryl methyl sites for hydroxylation is 2. The van der Waals surface area contributed by atoms with Gasteiger partial charge in [0.25, 0.3) is 5.91 Å². The van der Waals surface area contributed by atoms with E-state index in [-0.39, 0.29) is 5.91 Å². The number of fused-ring (bicyclic) bond motifs is 1. The average molecular weight is 551 g/mol. The number of hydrogen-bond acceptors (Lipinski definition) is 2. The monoisotopic (exact) mass is 549 g/mol. The van der Waals surface area contributed by atoms with Gasteiger partial charge in [-0.1, -0.05) is 51.8 Å². The van der Waals surface area contributed by atoms with Crippen LogP contribution in [-0.2, 0) is 11.3 Å². The Morgan fingerprint density at radius 2 is 1.85 bits per heavy atom. The number of nitrogens with one attached hydrogen (secondary N) is 1. The standard InChI is InChI=1S/C27H21BrClN3OS/c1-16-7-9-21(11-17(16)2)32-26(33)24(30-27(32)34)12-19-15-31(14-18-5-3-4-6-23(18)29)25-10-8-20(28)13-22(19)25/h3-13,15H,14H2,1-2H3,(H,30,34)/b24-12-. The summed E-state index contributed by atoms with van der Waals surface area (Å²) >= 11 is 15.5. The number of hydrogen-bond donors (Lipinski definition) is 1. The molecule has 0 saturated carbocycles. The molecule has 1 saturated heterocycles. The van der Waals surface area contributed by atoms with Crippen LogP contribution in [0.3, 0.4) is 0 Å². The molecule has 170 valence electrons. The van der Waals surface area contributed by atoms with Crippen molar-refractivity contribution < 1.29 is 4.79 Å². The molecule has 1 N–H and O–H groups in total. The maximum atomic E-state index is 13.3. The second-order valence-electron chi connectivity index (χ2n) is 8.36. The van der Waals surface area contributed by atoms with Gasteiger partial charge in [0.2, 0.25) is 0 Å². The van der Waals surface area contributed by atoms with Crippen LogP contribution in [-0.4, -0.2) is 15.6 Å². The average Bonchev–Trinajstić information content (AvgIpc) is 3.27. The summed E-state index contributed by atoms with van der Waals surface area (Å²) in [5.74, 6) is -0.171. The van der Waals surface area contributed by atoms with Crippen molar-refractivity contribution >= 4 is 73.4 Å². The Bertz CT molecular complexity index is 1510. The molecule has 1 aliphatic heterocycles. The molecule has 1 aliphatic rings. The first kappa shape index (κ1) is 22.8. The van der Waals surface area contributed by atoms with Crippen LogP contribution >= 0.6 is 39.7 Å². The van der Waals surface area contributed by atoms with Gasteiger partial charge >= 0.3 is 0 Å². The summed E-state index contributed by atoms with van der Waals surface area (Å²) in [7, 11) is 0. The molecule has 0 atom stereocenters. The Kier molecular flexibility index (Phi) is 6.06. The van der Waals surface area contributed by atoms with E-state index in [4.69, 9.17) is 23.8 Å². The number of anilines is 1. The van der Waals surface area contributed by atoms with Crippen LogP contribution in [0.25, 0.3) is 17.0 Å². The molecular weight excluding hydrogens is 530 g/mol. The van der Waals surface area contributed by atoms with Crippen LogP contribution in [0.4, 0.5) is 5.69 Å². The summed E-state index contributed by atoms with van der Waals surface area (Å²) in [5.41, 5.74) is 6.48. The Balaban J connectivity index is 1.55. The summed E-state index contributed by atoms with van der Waals surface area (Å²) < 4.78 is 3.11. The Hall–Kier alpha value is -2.93. The van der Waals surface area contributed by atoms with Gasteiger partial charge in [-0.3, -0.25) is 9.69 Å². The fourth-order valence-electron chi connectivity index (χ4n) is 4.14. The quantitative estimate of drug-likeness (QED) is 0.220. The second kappa shape index (κ2) is 9.02. The summed E-state index contributed by atoms with van der Waals surface area (Å²) in [6.07, 6.45) is 3.91. The van der Waals surface area contributed by atoms with Crippen LogP contribution in [0.5, 0.6) is 0 Å². The first-order valence-corrected chi connectivity index (χ1v) is 12.4. The molecule has 0 bridgehead atoms. The van der Waals surface area contributed by atoms with Gasteiger partial charge in [0, 0.05) is 38.7 Å². The Labute approximate surface area is 217 Å². The maximum Gasteiger partial charge on any atom is 0.281 e. The van der Waals surface area contributed by atoms with Gasteiger partial charge in [0.05, 0.1) is 5.69 Å². The molecule has 5 rings (SSSR count). The first-order chi connectivity index (χ1) is 16.3. The van der Waals surface area contributed by atoms with Crippen molar-refractivity contribution in [3.63, 3.8) is 0 Å². The third-order valence-corrected chi connectivity index (χ3v) is 7.25. The number of carbonyl (C=O) groups is 1. The lowest BCUT2D eigenvalue weighted by atomic mass is 10.1. The number of carbonyl (C=O) groups excluding carboxylic acids is 1. The molecule has 1 aromatic heterocycles. The van der Waals surface area contributed by atoms with Crippen LogP contribution in [0.2, 0.25) is 5.02 Å². The van der Waals surface area contributed by atoms with Crippen molar-refractivity contribution in [2.24, 2.45) is 0 Å². The lowest BCUT2D eigenvalue weighted by molar-refractivity contribution is -0.113. The molecule has 0 unspecified atom stereocenters. The van der Waals surface area contributed by atoms with Crippen molar-refractivity contribution in [1.82, 2.24) is 9.88 Å². The number of halogens is 2. The highest BCUT2D eigenvalue weighted by Crippen LogP contribution is 2.30. The van der Waals surface area contributed by atoms with Gasteiger partial charge in [-0.05, 0) is 85.2 Å². The molecular formula is C27H21BrClN3OS. The van der Waals surface area contributed by atoms with E-state index >= 15 is 0 Å². The van der Waals surface area contributed by atoms with Crippen molar-refractivity contribution in [3.05, 3.63) is 104 Å². The zero-order chi connectivity index (χ0) is 24.0. The van der Waals surface area contributed by atoms with Crippen LogP contribution < -0.4 is 10.2 Å². The molecule has 4 aromatic rings. The van der Waals surface area contributed by atoms with E-state index in [0.717, 1.165) is 42.8 Å². The van der Waals surface area contributed by atoms with Crippen LogP contribution in [0, 0.1) is 13.8 Å². The molecule has 0 aliphatic carbocycles. The minimum atomic E-state index is -0.171. The molecule has 1 fully saturated rings. The minimum Gasteiger partial charge on any atom is -0.342 e.